The van der Waals surface area contributed by atoms with Crippen molar-refractivity contribution in [2.45, 2.75) is 80.1 Å². The van der Waals surface area contributed by atoms with Gasteiger partial charge < -0.3 is 5.11 Å². The maximum Gasteiger partial charge on any atom is 0.128 e. The van der Waals surface area contributed by atoms with Gasteiger partial charge in [-0.15, -0.1) is 11.3 Å². The van der Waals surface area contributed by atoms with Crippen LogP contribution in [-0.2, 0) is 10.8 Å². The van der Waals surface area contributed by atoms with Crippen LogP contribution in [-0.4, -0.2) is 15.1 Å². The second kappa shape index (κ2) is 12.2. The van der Waals surface area contributed by atoms with Crippen LogP contribution in [0.5, 0.6) is 5.75 Å². The molecule has 50 heavy (non-hydrogen) atoms. The molecule has 4 heteroatoms. The molecular weight excluding hydrogens is 629 g/mol. The van der Waals surface area contributed by atoms with Crippen molar-refractivity contribution in [2.24, 2.45) is 0 Å². The topological polar surface area (TPSA) is 46.0 Å². The van der Waals surface area contributed by atoms with Crippen LogP contribution in [0.3, 0.4) is 0 Å². The van der Waals surface area contributed by atoms with Crippen molar-refractivity contribution in [1.82, 2.24) is 9.97 Å². The van der Waals surface area contributed by atoms with E-state index < -0.39 is 0 Å². The Bertz CT molecular complexity index is 2430. The summed E-state index contributed by atoms with van der Waals surface area (Å²) in [5.41, 5.74) is 17.0. The average molecular weight is 675 g/mol. The Hall–Kier alpha value is -4.80. The average Bonchev–Trinajstić information content (AvgIpc) is 3.47. The van der Waals surface area contributed by atoms with Crippen molar-refractivity contribution in [3.05, 3.63) is 125 Å². The number of phenolic OH excluding ortho intramolecular Hbond substituents is 1. The Balaban J connectivity index is 1.45. The zero-order valence-corrected chi connectivity index (χ0v) is 31.7. The van der Waals surface area contributed by atoms with Gasteiger partial charge in [0.25, 0.3) is 0 Å². The van der Waals surface area contributed by atoms with E-state index in [-0.39, 0.29) is 16.6 Å². The largest absolute Gasteiger partial charge is 0.507 e. The van der Waals surface area contributed by atoms with Crippen molar-refractivity contribution < 1.29 is 5.11 Å². The zero-order chi connectivity index (χ0) is 35.7. The SMILES string of the molecule is Cc1cc(C)c(-c2cc(-c3cccc(-c4cc(C(C)(C)C)cc5sc(-c6cc(C(C)(C)C)ccc6O)nc45)c3)c3nccc(C)c3c2)c(C)c1. The molecule has 0 aliphatic heterocycles. The molecule has 252 valence electrons. The molecule has 0 atom stereocenters. The molecule has 2 aromatic heterocycles. The van der Waals surface area contributed by atoms with Crippen LogP contribution in [0.1, 0.15) is 74.9 Å². The number of hydrogen-bond donors (Lipinski definition) is 1. The lowest BCUT2D eigenvalue weighted by atomic mass is 9.84. The fraction of sp³-hybridized carbons (Fsp3) is 0.261. The minimum Gasteiger partial charge on any atom is -0.507 e. The highest BCUT2D eigenvalue weighted by Gasteiger charge is 2.23. The number of fused-ring (bicyclic) bond motifs is 2. The van der Waals surface area contributed by atoms with Gasteiger partial charge in [-0.05, 0) is 137 Å². The third-order valence-corrected chi connectivity index (χ3v) is 11.0. The highest BCUT2D eigenvalue weighted by molar-refractivity contribution is 7.21. The molecule has 0 saturated heterocycles. The molecule has 5 aromatic carbocycles. The molecule has 0 unspecified atom stereocenters. The predicted octanol–water partition coefficient (Wildman–Crippen LogP) is 13.0. The van der Waals surface area contributed by atoms with Crippen LogP contribution in [0.25, 0.3) is 65.1 Å². The number of rotatable bonds is 4. The number of nitrogens with zero attached hydrogens (tertiary/aromatic N) is 2. The molecule has 0 fully saturated rings. The van der Waals surface area contributed by atoms with E-state index in [1.807, 2.05) is 12.3 Å². The van der Waals surface area contributed by atoms with Crippen molar-refractivity contribution in [2.75, 3.05) is 0 Å². The second-order valence-electron chi connectivity index (χ2n) is 16.0. The monoisotopic (exact) mass is 674 g/mol. The van der Waals surface area contributed by atoms with E-state index >= 15 is 0 Å². The first-order valence-electron chi connectivity index (χ1n) is 17.5. The van der Waals surface area contributed by atoms with E-state index in [1.54, 1.807) is 17.4 Å². The number of aryl methyl sites for hydroxylation is 4. The summed E-state index contributed by atoms with van der Waals surface area (Å²) >= 11 is 1.65. The lowest BCUT2D eigenvalue weighted by Gasteiger charge is -2.20. The smallest absolute Gasteiger partial charge is 0.128 e. The van der Waals surface area contributed by atoms with Crippen LogP contribution in [0.15, 0.2) is 91.1 Å². The molecule has 0 bridgehead atoms. The summed E-state index contributed by atoms with van der Waals surface area (Å²) in [6.45, 7) is 22.1. The fourth-order valence-electron chi connectivity index (χ4n) is 7.21. The Labute approximate surface area is 300 Å². The van der Waals surface area contributed by atoms with Gasteiger partial charge in [-0.3, -0.25) is 4.98 Å². The second-order valence-corrected chi connectivity index (χ2v) is 17.1. The van der Waals surface area contributed by atoms with Gasteiger partial charge >= 0.3 is 0 Å². The van der Waals surface area contributed by atoms with Crippen molar-refractivity contribution in [3.63, 3.8) is 0 Å². The molecule has 0 aliphatic carbocycles. The number of aromatic hydroxyl groups is 1. The Morgan fingerprint density at radius 2 is 1.22 bits per heavy atom. The first-order chi connectivity index (χ1) is 23.6. The third-order valence-electron chi connectivity index (χ3n) is 9.97. The number of phenols is 1. The van der Waals surface area contributed by atoms with E-state index in [2.05, 4.69) is 142 Å². The van der Waals surface area contributed by atoms with Crippen molar-refractivity contribution >= 4 is 32.5 Å². The standard InChI is InChI=1S/C46H46N2OS/c1-26-18-28(3)41(29(4)19-26)32-21-35-27(2)16-17-47-42(35)36(22-32)30-12-11-13-31(20-30)37-24-34(46(8,9)10)25-40-43(37)48-44(50-40)38-23-33(45(5,6)7)14-15-39(38)49/h11-25,49H,1-10H3. The van der Waals surface area contributed by atoms with Crippen LogP contribution in [0.2, 0.25) is 0 Å². The van der Waals surface area contributed by atoms with E-state index in [1.165, 1.54) is 49.9 Å². The minimum atomic E-state index is -0.0608. The van der Waals surface area contributed by atoms with Gasteiger partial charge in [-0.25, -0.2) is 4.98 Å². The van der Waals surface area contributed by atoms with Gasteiger partial charge in [0.15, 0.2) is 0 Å². The summed E-state index contributed by atoms with van der Waals surface area (Å²) in [7, 11) is 0. The molecular formula is C46H46N2OS. The van der Waals surface area contributed by atoms with Crippen LogP contribution >= 0.6 is 11.3 Å². The summed E-state index contributed by atoms with van der Waals surface area (Å²) in [6.07, 6.45) is 1.92. The van der Waals surface area contributed by atoms with Crippen LogP contribution in [0, 0.1) is 27.7 Å². The van der Waals surface area contributed by atoms with Gasteiger partial charge in [-0.1, -0.05) is 83.5 Å². The predicted molar refractivity (Wildman–Crippen MR) is 215 cm³/mol. The van der Waals surface area contributed by atoms with Gasteiger partial charge in [-0.2, -0.15) is 0 Å². The third kappa shape index (κ3) is 6.11. The molecule has 7 aromatic rings. The molecule has 0 spiro atoms. The Morgan fingerprint density at radius 1 is 0.580 bits per heavy atom. The highest BCUT2D eigenvalue weighted by atomic mass is 32.1. The van der Waals surface area contributed by atoms with Crippen molar-refractivity contribution in [3.8, 4) is 49.7 Å². The number of aromatic nitrogens is 2. The summed E-state index contributed by atoms with van der Waals surface area (Å²) in [4.78, 5) is 10.2. The molecule has 0 saturated carbocycles. The Morgan fingerprint density at radius 3 is 1.88 bits per heavy atom. The lowest BCUT2D eigenvalue weighted by Crippen LogP contribution is -2.11. The molecule has 2 heterocycles. The summed E-state index contributed by atoms with van der Waals surface area (Å²) in [6, 6.07) is 30.7. The maximum atomic E-state index is 11.0. The number of thiazole rings is 1. The number of pyridine rings is 1. The molecule has 3 nitrogen and oxygen atoms in total. The number of benzene rings is 5. The van der Waals surface area contributed by atoms with Gasteiger partial charge in [0.2, 0.25) is 0 Å². The van der Waals surface area contributed by atoms with Gasteiger partial charge in [0.05, 0.1) is 21.3 Å². The summed E-state index contributed by atoms with van der Waals surface area (Å²) < 4.78 is 1.11. The fourth-order valence-corrected chi connectivity index (χ4v) is 8.27. The minimum absolute atomic E-state index is 0.0458. The normalized spacial score (nSPS) is 12.3. The molecule has 1 N–H and O–H groups in total. The highest BCUT2D eigenvalue weighted by Crippen LogP contribution is 2.44. The molecule has 7 rings (SSSR count). The molecule has 0 aliphatic rings. The van der Waals surface area contributed by atoms with Gasteiger partial charge in [0.1, 0.15) is 10.8 Å². The van der Waals surface area contributed by atoms with Crippen LogP contribution < -0.4 is 0 Å². The Kier molecular flexibility index (Phi) is 8.22. The maximum absolute atomic E-state index is 11.0. The van der Waals surface area contributed by atoms with Crippen LogP contribution in [0.4, 0.5) is 0 Å². The first kappa shape index (κ1) is 33.7. The quantitative estimate of drug-likeness (QED) is 0.202. The van der Waals surface area contributed by atoms with E-state index in [0.717, 1.165) is 48.6 Å². The van der Waals surface area contributed by atoms with E-state index in [9.17, 15) is 5.11 Å². The van der Waals surface area contributed by atoms with Gasteiger partial charge in [0, 0.05) is 22.7 Å². The molecule has 0 amide bonds. The lowest BCUT2D eigenvalue weighted by molar-refractivity contribution is 0.476. The molecule has 0 radical (unpaired) electrons. The summed E-state index contributed by atoms with van der Waals surface area (Å²) in [5.74, 6) is 0.255. The first-order valence-corrected chi connectivity index (χ1v) is 18.3. The van der Waals surface area contributed by atoms with E-state index in [0.29, 0.717) is 0 Å². The zero-order valence-electron chi connectivity index (χ0n) is 30.9. The van der Waals surface area contributed by atoms with Crippen molar-refractivity contribution in [1.29, 1.82) is 0 Å². The summed E-state index contributed by atoms with van der Waals surface area (Å²) in [5, 5.41) is 13.0. The number of hydrogen-bond acceptors (Lipinski definition) is 4. The van der Waals surface area contributed by atoms with E-state index in [4.69, 9.17) is 9.97 Å².